The number of carbonyl (C=O) groups is 1. The van der Waals surface area contributed by atoms with Crippen molar-refractivity contribution in [3.63, 3.8) is 0 Å². The summed E-state index contributed by atoms with van der Waals surface area (Å²) in [5.74, 6) is -1.52. The third-order valence-corrected chi connectivity index (χ3v) is 2.95. The zero-order valence-electron chi connectivity index (χ0n) is 11.2. The van der Waals surface area contributed by atoms with Crippen LogP contribution in [0.3, 0.4) is 0 Å². The standard InChI is InChI=1S/C14H20O4/c1-14(2,3)9-5-6-12(18-4)10(7-9)11(8-15)13(16)17/h5-7,11,15H,8H2,1-4H3,(H,16,17). The van der Waals surface area contributed by atoms with E-state index in [-0.39, 0.29) is 5.41 Å². The molecule has 0 fully saturated rings. The van der Waals surface area contributed by atoms with E-state index in [0.717, 1.165) is 5.56 Å². The average molecular weight is 252 g/mol. The van der Waals surface area contributed by atoms with Crippen LogP contribution in [0.15, 0.2) is 18.2 Å². The van der Waals surface area contributed by atoms with Gasteiger partial charge in [-0.3, -0.25) is 4.79 Å². The Hall–Kier alpha value is -1.55. The predicted octanol–water partition coefficient (Wildman–Crippen LogP) is 2.15. The topological polar surface area (TPSA) is 66.8 Å². The van der Waals surface area contributed by atoms with Crippen molar-refractivity contribution in [1.82, 2.24) is 0 Å². The van der Waals surface area contributed by atoms with E-state index in [4.69, 9.17) is 9.84 Å². The smallest absolute Gasteiger partial charge is 0.313 e. The second-order valence-electron chi connectivity index (χ2n) is 5.28. The minimum atomic E-state index is -1.05. The van der Waals surface area contributed by atoms with Gasteiger partial charge in [-0.2, -0.15) is 0 Å². The van der Waals surface area contributed by atoms with Gasteiger partial charge in [0, 0.05) is 5.56 Å². The highest BCUT2D eigenvalue weighted by molar-refractivity contribution is 5.77. The summed E-state index contributed by atoms with van der Waals surface area (Å²) in [6.07, 6.45) is 0. The molecule has 18 heavy (non-hydrogen) atoms. The van der Waals surface area contributed by atoms with Crippen molar-refractivity contribution in [3.05, 3.63) is 29.3 Å². The number of aliphatic carboxylic acids is 1. The molecule has 1 atom stereocenters. The molecule has 4 heteroatoms. The molecule has 0 aliphatic rings. The molecule has 1 rings (SSSR count). The Balaban J connectivity index is 3.34. The zero-order valence-corrected chi connectivity index (χ0v) is 11.2. The quantitative estimate of drug-likeness (QED) is 0.861. The molecule has 0 saturated heterocycles. The van der Waals surface area contributed by atoms with Crippen LogP contribution >= 0.6 is 0 Å². The monoisotopic (exact) mass is 252 g/mol. The maximum atomic E-state index is 11.1. The van der Waals surface area contributed by atoms with Crippen molar-refractivity contribution >= 4 is 5.97 Å². The average Bonchev–Trinajstić information content (AvgIpc) is 2.28. The Morgan fingerprint density at radius 2 is 2.00 bits per heavy atom. The van der Waals surface area contributed by atoms with Crippen molar-refractivity contribution in [1.29, 1.82) is 0 Å². The van der Waals surface area contributed by atoms with E-state index in [0.29, 0.717) is 11.3 Å². The zero-order chi connectivity index (χ0) is 13.9. The van der Waals surface area contributed by atoms with Crippen LogP contribution in [0.25, 0.3) is 0 Å². The molecule has 0 saturated carbocycles. The number of ether oxygens (including phenoxy) is 1. The van der Waals surface area contributed by atoms with Crippen LogP contribution in [-0.4, -0.2) is 29.9 Å². The van der Waals surface area contributed by atoms with Crippen molar-refractivity contribution in [3.8, 4) is 5.75 Å². The molecular formula is C14H20O4. The van der Waals surface area contributed by atoms with Gasteiger partial charge in [-0.1, -0.05) is 32.9 Å². The summed E-state index contributed by atoms with van der Waals surface area (Å²) in [6.45, 7) is 5.70. The fourth-order valence-electron chi connectivity index (χ4n) is 1.78. The number of hydrogen-bond acceptors (Lipinski definition) is 3. The number of benzene rings is 1. The molecule has 0 radical (unpaired) electrons. The highest BCUT2D eigenvalue weighted by Crippen LogP contribution is 2.32. The van der Waals surface area contributed by atoms with E-state index >= 15 is 0 Å². The summed E-state index contributed by atoms with van der Waals surface area (Å²) >= 11 is 0. The maximum absolute atomic E-state index is 11.1. The largest absolute Gasteiger partial charge is 0.496 e. The van der Waals surface area contributed by atoms with Gasteiger partial charge in [-0.15, -0.1) is 0 Å². The number of carboxylic acid groups (broad SMARTS) is 1. The third-order valence-electron chi connectivity index (χ3n) is 2.95. The molecule has 0 aromatic heterocycles. The first-order valence-electron chi connectivity index (χ1n) is 5.83. The molecule has 100 valence electrons. The molecule has 0 amide bonds. The van der Waals surface area contributed by atoms with Gasteiger partial charge in [0.2, 0.25) is 0 Å². The van der Waals surface area contributed by atoms with Crippen LogP contribution in [0.1, 0.15) is 37.8 Å². The number of carboxylic acids is 1. The minimum Gasteiger partial charge on any atom is -0.496 e. The van der Waals surface area contributed by atoms with Crippen molar-refractivity contribution in [2.24, 2.45) is 0 Å². The first-order chi connectivity index (χ1) is 8.31. The summed E-state index contributed by atoms with van der Waals surface area (Å²) < 4.78 is 5.17. The summed E-state index contributed by atoms with van der Waals surface area (Å²) in [4.78, 5) is 11.1. The molecule has 1 unspecified atom stereocenters. The van der Waals surface area contributed by atoms with Gasteiger partial charge in [-0.05, 0) is 17.0 Å². The lowest BCUT2D eigenvalue weighted by Gasteiger charge is -2.22. The van der Waals surface area contributed by atoms with Crippen LogP contribution in [-0.2, 0) is 10.2 Å². The van der Waals surface area contributed by atoms with E-state index in [2.05, 4.69) is 0 Å². The predicted molar refractivity (Wildman–Crippen MR) is 69.2 cm³/mol. The maximum Gasteiger partial charge on any atom is 0.313 e. The van der Waals surface area contributed by atoms with Crippen LogP contribution in [0, 0.1) is 0 Å². The number of hydrogen-bond donors (Lipinski definition) is 2. The highest BCUT2D eigenvalue weighted by atomic mass is 16.5. The van der Waals surface area contributed by atoms with Gasteiger partial charge in [-0.25, -0.2) is 0 Å². The van der Waals surface area contributed by atoms with Gasteiger partial charge in [0.15, 0.2) is 0 Å². The molecule has 4 nitrogen and oxygen atoms in total. The van der Waals surface area contributed by atoms with Gasteiger partial charge in [0.25, 0.3) is 0 Å². The Kier molecular flexibility index (Phi) is 4.35. The van der Waals surface area contributed by atoms with E-state index in [9.17, 15) is 9.90 Å². The summed E-state index contributed by atoms with van der Waals surface area (Å²) in [6, 6.07) is 5.47. The van der Waals surface area contributed by atoms with E-state index < -0.39 is 18.5 Å². The normalized spacial score (nSPS) is 13.2. The summed E-state index contributed by atoms with van der Waals surface area (Å²) in [5.41, 5.74) is 1.44. The number of rotatable bonds is 4. The van der Waals surface area contributed by atoms with E-state index in [1.54, 1.807) is 12.1 Å². The van der Waals surface area contributed by atoms with Gasteiger partial charge in [0.05, 0.1) is 13.7 Å². The third kappa shape index (κ3) is 3.01. The van der Waals surface area contributed by atoms with Gasteiger partial charge < -0.3 is 14.9 Å². The molecule has 0 aliphatic carbocycles. The molecule has 1 aromatic carbocycles. The molecule has 2 N–H and O–H groups in total. The number of aliphatic hydroxyl groups is 1. The molecule has 0 aliphatic heterocycles. The lowest BCUT2D eigenvalue weighted by molar-refractivity contribution is -0.139. The number of methoxy groups -OCH3 is 1. The SMILES string of the molecule is COc1ccc(C(C)(C)C)cc1C(CO)C(=O)O. The second-order valence-corrected chi connectivity index (χ2v) is 5.28. The first-order valence-corrected chi connectivity index (χ1v) is 5.83. The lowest BCUT2D eigenvalue weighted by atomic mass is 9.84. The van der Waals surface area contributed by atoms with E-state index in [1.807, 2.05) is 26.8 Å². The van der Waals surface area contributed by atoms with Crippen molar-refractivity contribution in [2.45, 2.75) is 32.1 Å². The fraction of sp³-hybridized carbons (Fsp3) is 0.500. The van der Waals surface area contributed by atoms with Crippen LogP contribution < -0.4 is 4.74 Å². The summed E-state index contributed by atoms with van der Waals surface area (Å²) in [7, 11) is 1.49. The Bertz CT molecular complexity index is 432. The molecule has 0 heterocycles. The van der Waals surface area contributed by atoms with Gasteiger partial charge in [0.1, 0.15) is 11.7 Å². The van der Waals surface area contributed by atoms with Crippen LogP contribution in [0.5, 0.6) is 5.75 Å². The molecule has 1 aromatic rings. The van der Waals surface area contributed by atoms with Crippen LogP contribution in [0.4, 0.5) is 0 Å². The number of aliphatic hydroxyl groups excluding tert-OH is 1. The van der Waals surface area contributed by atoms with Crippen LogP contribution in [0.2, 0.25) is 0 Å². The van der Waals surface area contributed by atoms with E-state index in [1.165, 1.54) is 7.11 Å². The highest BCUT2D eigenvalue weighted by Gasteiger charge is 2.25. The molecular weight excluding hydrogens is 232 g/mol. The fourth-order valence-corrected chi connectivity index (χ4v) is 1.78. The lowest BCUT2D eigenvalue weighted by Crippen LogP contribution is -2.18. The Morgan fingerprint density at radius 1 is 1.39 bits per heavy atom. The second kappa shape index (κ2) is 5.40. The Morgan fingerprint density at radius 3 is 2.39 bits per heavy atom. The Labute approximate surface area is 107 Å². The molecule has 0 bridgehead atoms. The molecule has 0 spiro atoms. The van der Waals surface area contributed by atoms with Crippen molar-refractivity contribution < 1.29 is 19.7 Å². The minimum absolute atomic E-state index is 0.0838. The van der Waals surface area contributed by atoms with Gasteiger partial charge >= 0.3 is 5.97 Å². The first kappa shape index (κ1) is 14.5. The summed E-state index contributed by atoms with van der Waals surface area (Å²) in [5, 5.41) is 18.4. The van der Waals surface area contributed by atoms with Crippen molar-refractivity contribution in [2.75, 3.05) is 13.7 Å².